The summed E-state index contributed by atoms with van der Waals surface area (Å²) < 4.78 is 20.8. The molecule has 0 aromatic carbocycles. The fourth-order valence-corrected chi connectivity index (χ4v) is 6.59. The summed E-state index contributed by atoms with van der Waals surface area (Å²) in [5.41, 5.74) is -0.0213. The summed E-state index contributed by atoms with van der Waals surface area (Å²) in [6, 6.07) is 0. The van der Waals surface area contributed by atoms with Crippen LogP contribution in [0.1, 0.15) is 13.8 Å². The molecule has 0 spiro atoms. The van der Waals surface area contributed by atoms with E-state index in [0.29, 0.717) is 0 Å². The fraction of sp³-hybridized carbons (Fsp3) is 0.400. The molecule has 0 aromatic heterocycles. The Hall–Kier alpha value is -0.746. The Balaban J connectivity index is 3.41. The second-order valence-corrected chi connectivity index (χ2v) is 9.31. The Labute approximate surface area is 95.3 Å². The first-order chi connectivity index (χ1) is 7.23. The van der Waals surface area contributed by atoms with Gasteiger partial charge in [-0.15, -0.1) is 0 Å². The molecule has 1 aliphatic heterocycles. The van der Waals surface area contributed by atoms with Gasteiger partial charge in [0.1, 0.15) is 0 Å². The topological polar surface area (TPSA) is 69.7 Å². The molecular weight excluding hydrogens is 248 g/mol. The van der Waals surface area contributed by atoms with Crippen molar-refractivity contribution in [2.24, 2.45) is 0 Å². The Bertz CT molecular complexity index is 418. The van der Waals surface area contributed by atoms with Gasteiger partial charge in [-0.2, -0.15) is 0 Å². The molecule has 1 rings (SSSR count). The van der Waals surface area contributed by atoms with Crippen LogP contribution in [0.4, 0.5) is 0 Å². The SMILES string of the molecule is C=C(C)[C](=O)[Ti]1(=[O])([C](=O)C(=C)C)[O]CC[O]1. The van der Waals surface area contributed by atoms with E-state index in [1.807, 2.05) is 0 Å². The zero-order valence-corrected chi connectivity index (χ0v) is 10.9. The Morgan fingerprint density at radius 1 is 1.00 bits per heavy atom. The van der Waals surface area contributed by atoms with Crippen LogP contribution in [-0.4, -0.2) is 21.4 Å². The summed E-state index contributed by atoms with van der Waals surface area (Å²) in [6.45, 7) is 9.45. The number of hydrogen-bond acceptors (Lipinski definition) is 5. The summed E-state index contributed by atoms with van der Waals surface area (Å²) in [5.74, 6) is 0. The third-order valence-electron chi connectivity index (χ3n) is 2.37. The van der Waals surface area contributed by atoms with Crippen molar-refractivity contribution in [3.8, 4) is 0 Å². The summed E-state index contributed by atoms with van der Waals surface area (Å²) in [4.78, 5) is 23.8. The van der Waals surface area contributed by atoms with E-state index in [9.17, 15) is 12.9 Å². The van der Waals surface area contributed by atoms with Gasteiger partial charge in [0.05, 0.1) is 0 Å². The van der Waals surface area contributed by atoms with Crippen LogP contribution in [0.5, 0.6) is 0 Å². The molecule has 88 valence electrons. The fourth-order valence-electron chi connectivity index (χ4n) is 1.60. The standard InChI is InChI=1S/2C4H5O.C2H4O2.O.Ti/c2*1-4(2)3-5;3-1-2-4;;/h2*1H2,2H3;1-2H2;;/q;;-2;;+2. The van der Waals surface area contributed by atoms with E-state index in [2.05, 4.69) is 13.2 Å². The number of carbonyl (C=O) groups is 2. The monoisotopic (exact) mass is 262 g/mol. The number of carbonyl (C=O) groups excluding carboxylic acids is 2. The molecule has 0 atom stereocenters. The van der Waals surface area contributed by atoms with Gasteiger partial charge in [-0.1, -0.05) is 0 Å². The van der Waals surface area contributed by atoms with E-state index >= 15 is 0 Å². The molecular formula is C10H14O5Ti. The van der Waals surface area contributed by atoms with Crippen molar-refractivity contribution >= 4 is 8.18 Å². The molecule has 0 aromatic rings. The molecule has 1 fully saturated rings. The second kappa shape index (κ2) is 3.93. The van der Waals surface area contributed by atoms with E-state index < -0.39 is 24.2 Å². The molecule has 5 nitrogen and oxygen atoms in total. The van der Waals surface area contributed by atoms with Crippen LogP contribution < -0.4 is 0 Å². The molecule has 1 saturated heterocycles. The van der Waals surface area contributed by atoms with Gasteiger partial charge in [0, 0.05) is 0 Å². The van der Waals surface area contributed by atoms with Crippen molar-refractivity contribution in [1.82, 2.24) is 0 Å². The van der Waals surface area contributed by atoms with Gasteiger partial charge in [0.15, 0.2) is 0 Å². The van der Waals surface area contributed by atoms with E-state index in [1.165, 1.54) is 13.8 Å². The Kier molecular flexibility index (Phi) is 3.27. The number of hydrogen-bond donors (Lipinski definition) is 0. The van der Waals surface area contributed by atoms with Crippen LogP contribution in [0.15, 0.2) is 24.3 Å². The van der Waals surface area contributed by atoms with Crippen LogP contribution in [0.25, 0.3) is 0 Å². The Morgan fingerprint density at radius 2 is 1.31 bits per heavy atom. The van der Waals surface area contributed by atoms with Crippen LogP contribution in [0.3, 0.4) is 0 Å². The first-order valence-corrected chi connectivity index (χ1v) is 8.28. The molecule has 0 aliphatic carbocycles. The van der Waals surface area contributed by atoms with Gasteiger partial charge < -0.3 is 0 Å². The third kappa shape index (κ3) is 1.70. The first kappa shape index (κ1) is 13.3. The predicted octanol–water partition coefficient (Wildman–Crippen LogP) is 1.10. The van der Waals surface area contributed by atoms with Crippen molar-refractivity contribution in [3.05, 3.63) is 24.3 Å². The van der Waals surface area contributed by atoms with Gasteiger partial charge in [-0.05, 0) is 0 Å². The van der Waals surface area contributed by atoms with Crippen LogP contribution in [0, 0.1) is 0 Å². The van der Waals surface area contributed by atoms with E-state index in [0.717, 1.165) is 0 Å². The van der Waals surface area contributed by atoms with E-state index in [4.69, 9.17) is 6.64 Å². The first-order valence-electron chi connectivity index (χ1n) is 4.81. The maximum absolute atomic E-state index is 12.7. The van der Waals surface area contributed by atoms with Crippen molar-refractivity contribution < 1.29 is 35.6 Å². The summed E-state index contributed by atoms with van der Waals surface area (Å²) in [6.07, 6.45) is 0. The average molecular weight is 262 g/mol. The second-order valence-electron chi connectivity index (χ2n) is 3.90. The van der Waals surface area contributed by atoms with Gasteiger partial charge in [-0.25, -0.2) is 0 Å². The van der Waals surface area contributed by atoms with Crippen molar-refractivity contribution in [2.45, 2.75) is 13.8 Å². The molecule has 0 saturated carbocycles. The van der Waals surface area contributed by atoms with Crippen LogP contribution in [-0.2, 0) is 35.6 Å². The van der Waals surface area contributed by atoms with Crippen molar-refractivity contribution in [1.29, 1.82) is 0 Å². The van der Waals surface area contributed by atoms with Gasteiger partial charge in [0.2, 0.25) is 0 Å². The normalized spacial score (nSPS) is 20.9. The van der Waals surface area contributed by atoms with E-state index in [-0.39, 0.29) is 24.4 Å². The Morgan fingerprint density at radius 3 is 1.56 bits per heavy atom. The minimum atomic E-state index is -5.95. The van der Waals surface area contributed by atoms with E-state index in [1.54, 1.807) is 0 Å². The zero-order chi connectivity index (χ0) is 12.6. The number of allylic oxidation sites excluding steroid dienone is 2. The van der Waals surface area contributed by atoms with Crippen molar-refractivity contribution in [2.75, 3.05) is 13.2 Å². The molecule has 16 heavy (non-hydrogen) atoms. The molecule has 6 heteroatoms. The summed E-state index contributed by atoms with van der Waals surface area (Å²) >= 11 is -5.95. The van der Waals surface area contributed by atoms with Crippen LogP contribution >= 0.6 is 0 Å². The third-order valence-corrected chi connectivity index (χ3v) is 8.42. The van der Waals surface area contributed by atoms with Gasteiger partial charge >= 0.3 is 95.1 Å². The predicted molar refractivity (Wildman–Crippen MR) is 52.2 cm³/mol. The summed E-state index contributed by atoms with van der Waals surface area (Å²) in [5, 5.41) is 0. The molecule has 0 bridgehead atoms. The van der Waals surface area contributed by atoms with Gasteiger partial charge in [0.25, 0.3) is 0 Å². The summed E-state index contributed by atoms with van der Waals surface area (Å²) in [7, 11) is 0. The molecule has 0 N–H and O–H groups in total. The minimum absolute atomic E-state index is 0.0106. The molecule has 0 unspecified atom stereocenters. The zero-order valence-electron chi connectivity index (χ0n) is 9.37. The molecule has 1 aliphatic rings. The molecule has 0 amide bonds. The average Bonchev–Trinajstić information content (AvgIpc) is 2.61. The maximum atomic E-state index is 12.7. The van der Waals surface area contributed by atoms with Gasteiger partial charge in [-0.3, -0.25) is 0 Å². The molecule has 1 heterocycles. The van der Waals surface area contributed by atoms with Crippen LogP contribution in [0.2, 0.25) is 0 Å². The molecule has 0 radical (unpaired) electrons. The quantitative estimate of drug-likeness (QED) is 0.560. The number of rotatable bonds is 4. The van der Waals surface area contributed by atoms with Crippen molar-refractivity contribution in [3.63, 3.8) is 0 Å².